The molecule has 384 valence electrons. The first-order valence-electron chi connectivity index (χ1n) is 24.4. The Hall–Kier alpha value is -4.04. The van der Waals surface area contributed by atoms with E-state index in [-0.39, 0.29) is 72.9 Å². The van der Waals surface area contributed by atoms with E-state index >= 15 is 0 Å². The summed E-state index contributed by atoms with van der Waals surface area (Å²) in [6, 6.07) is 6.97. The van der Waals surface area contributed by atoms with Crippen molar-refractivity contribution < 1.29 is 47.7 Å². The molecule has 0 spiro atoms. The van der Waals surface area contributed by atoms with Crippen molar-refractivity contribution in [3.05, 3.63) is 52.5 Å². The van der Waals surface area contributed by atoms with Crippen molar-refractivity contribution in [2.75, 3.05) is 81.0 Å². The van der Waals surface area contributed by atoms with Gasteiger partial charge in [-0.3, -0.25) is 24.0 Å². The van der Waals surface area contributed by atoms with Crippen LogP contribution in [0.3, 0.4) is 0 Å². The van der Waals surface area contributed by atoms with Crippen LogP contribution >= 0.6 is 11.3 Å². The Morgan fingerprint density at radius 3 is 2.06 bits per heavy atom. The first kappa shape index (κ1) is 58.3. The molecule has 0 bridgehead atoms. The van der Waals surface area contributed by atoms with Gasteiger partial charge < -0.3 is 54.8 Å². The molecule has 0 saturated carbocycles. The minimum Gasteiger partial charge on any atom is -0.379 e. The van der Waals surface area contributed by atoms with E-state index in [9.17, 15) is 24.0 Å². The highest BCUT2D eigenvalue weighted by Gasteiger charge is 2.43. The highest BCUT2D eigenvalue weighted by molar-refractivity contribution is 7.09. The summed E-state index contributed by atoms with van der Waals surface area (Å²) >= 11 is 1.49. The predicted octanol–water partition coefficient (Wildman–Crippen LogP) is 4.49. The molecule has 0 aliphatic carbocycles. The van der Waals surface area contributed by atoms with E-state index in [4.69, 9.17) is 29.4 Å². The van der Waals surface area contributed by atoms with Crippen molar-refractivity contribution in [2.45, 2.75) is 129 Å². The number of carbonyl (C=O) groups is 5. The molecular formula is C50H83N7O10S. The fourth-order valence-electron chi connectivity index (χ4n) is 9.08. The smallest absolute Gasteiger partial charge is 0.245 e. The van der Waals surface area contributed by atoms with E-state index in [0.717, 1.165) is 17.0 Å². The van der Waals surface area contributed by atoms with E-state index in [1.807, 2.05) is 89.1 Å². The number of methoxy groups -OCH3 is 2. The molecule has 1 unspecified atom stereocenters. The molecule has 1 aliphatic rings. The van der Waals surface area contributed by atoms with Crippen LogP contribution in [0.15, 0.2) is 41.9 Å². The number of likely N-dealkylation sites (N-methyl/N-ethyl adjacent to an activating group) is 2. The number of benzene rings is 1. The quantitative estimate of drug-likeness (QED) is 0.0869. The molecule has 2 heterocycles. The maximum Gasteiger partial charge on any atom is 0.245 e. The van der Waals surface area contributed by atoms with Crippen molar-refractivity contribution in [1.29, 1.82) is 0 Å². The summed E-state index contributed by atoms with van der Waals surface area (Å²) in [5, 5.41) is 8.93. The molecule has 0 radical (unpaired) electrons. The second-order valence-corrected chi connectivity index (χ2v) is 19.4. The number of nitrogens with two attached hydrogens (primary N) is 1. The van der Waals surface area contributed by atoms with Crippen LogP contribution in [0.2, 0.25) is 0 Å². The van der Waals surface area contributed by atoms with Gasteiger partial charge in [0.15, 0.2) is 0 Å². The van der Waals surface area contributed by atoms with Crippen LogP contribution in [0.25, 0.3) is 0 Å². The van der Waals surface area contributed by atoms with Gasteiger partial charge in [-0.2, -0.15) is 0 Å². The Morgan fingerprint density at radius 1 is 0.853 bits per heavy atom. The summed E-state index contributed by atoms with van der Waals surface area (Å²) < 4.78 is 28.5. The van der Waals surface area contributed by atoms with Gasteiger partial charge in [-0.1, -0.05) is 85.2 Å². The third kappa shape index (κ3) is 17.4. The monoisotopic (exact) mass is 974 g/mol. The van der Waals surface area contributed by atoms with Gasteiger partial charge in [0.2, 0.25) is 29.5 Å². The van der Waals surface area contributed by atoms with Crippen molar-refractivity contribution in [3.63, 3.8) is 0 Å². The number of thiazole rings is 1. The Balaban J connectivity index is 1.70. The van der Waals surface area contributed by atoms with Crippen LogP contribution in [-0.4, -0.2) is 167 Å². The lowest BCUT2D eigenvalue weighted by Crippen LogP contribution is -2.60. The summed E-state index contributed by atoms with van der Waals surface area (Å²) in [5.41, 5.74) is 6.49. The lowest BCUT2D eigenvalue weighted by Gasteiger charge is -2.41. The number of ether oxygens (including phenoxy) is 5. The van der Waals surface area contributed by atoms with E-state index in [1.54, 1.807) is 39.4 Å². The molecule has 68 heavy (non-hydrogen) atoms. The molecule has 18 heteroatoms. The van der Waals surface area contributed by atoms with Crippen LogP contribution in [0.4, 0.5) is 0 Å². The first-order chi connectivity index (χ1) is 32.5. The number of hydrogen-bond acceptors (Lipinski definition) is 13. The Morgan fingerprint density at radius 2 is 1.50 bits per heavy atom. The normalized spacial score (nSPS) is 17.5. The van der Waals surface area contributed by atoms with Gasteiger partial charge in [0.05, 0.1) is 88.7 Å². The van der Waals surface area contributed by atoms with Gasteiger partial charge in [-0.15, -0.1) is 11.3 Å². The number of rotatable bonds is 32. The van der Waals surface area contributed by atoms with Gasteiger partial charge in [0.25, 0.3) is 0 Å². The van der Waals surface area contributed by atoms with Crippen LogP contribution in [0.1, 0.15) is 97.2 Å². The molecule has 4 N–H and O–H groups in total. The molecule has 17 nitrogen and oxygen atoms in total. The lowest BCUT2D eigenvalue weighted by atomic mass is 9.89. The number of nitrogens with one attached hydrogen (secondary N) is 2. The van der Waals surface area contributed by atoms with Crippen LogP contribution < -0.4 is 16.4 Å². The highest BCUT2D eigenvalue weighted by atomic mass is 32.1. The van der Waals surface area contributed by atoms with Crippen LogP contribution in [0.5, 0.6) is 0 Å². The number of hydrogen-bond donors (Lipinski definition) is 3. The third-order valence-electron chi connectivity index (χ3n) is 13.0. The predicted molar refractivity (Wildman–Crippen MR) is 264 cm³/mol. The number of carbonyl (C=O) groups excluding carboxylic acids is 5. The topological polar surface area (TPSA) is 204 Å². The highest BCUT2D eigenvalue weighted by Crippen LogP contribution is 2.31. The SMILES string of the molecule is CC[C@H](C)[C@@H]([C@@H](CC(=O)N1CCC[C@H]1[C@H](OC)[C@@H](C)C(=O)N[C@@H](Cc1ccccc1)c1nccs1)OC)N(C)C(=O)[C@@H](NC(=O)C(C(C)C)N(C)C(=O)CCOCCOCCOCCN)C(C)C. The molecule has 2 aromatic rings. The average Bonchev–Trinajstić information content (AvgIpc) is 4.05. The number of amides is 5. The zero-order chi connectivity index (χ0) is 50.3. The lowest BCUT2D eigenvalue weighted by molar-refractivity contribution is -0.148. The molecule has 9 atom stereocenters. The summed E-state index contributed by atoms with van der Waals surface area (Å²) in [7, 11) is 6.42. The number of aromatic nitrogens is 1. The Labute approximate surface area is 409 Å². The zero-order valence-electron chi connectivity index (χ0n) is 42.6. The minimum atomic E-state index is -0.929. The standard InChI is InChI=1S/C50H83N7O10S/c1-12-35(6)45(56(9)50(62)43(33(2)3)54-48(61)44(34(4)5)55(8)41(58)20-24-65-26-28-67-29-27-66-25-21-51)40(63-10)32-42(59)57-23-16-19-39(57)46(64-11)36(7)47(60)53-38(49-52-22-30-68-49)31-37-17-14-13-15-18-37/h13-15,17-18,22,30,33-36,38-40,43-46H,12,16,19-21,23-29,31-32,51H2,1-11H3,(H,53,60)(H,54,61)/t35-,36+,38-,39-,40+,43-,44?,45-,46+/m0/s1. The van der Waals surface area contributed by atoms with Crippen molar-refractivity contribution in [1.82, 2.24) is 30.3 Å². The minimum absolute atomic E-state index is 0.0121. The Bertz CT molecular complexity index is 1790. The van der Waals surface area contributed by atoms with Gasteiger partial charge in [-0.05, 0) is 42.6 Å². The average molecular weight is 974 g/mol. The second-order valence-electron chi connectivity index (χ2n) is 18.5. The molecule has 5 amide bonds. The van der Waals surface area contributed by atoms with E-state index in [1.165, 1.54) is 16.2 Å². The van der Waals surface area contributed by atoms with E-state index in [0.29, 0.717) is 65.4 Å². The fourth-order valence-corrected chi connectivity index (χ4v) is 9.77. The van der Waals surface area contributed by atoms with Crippen LogP contribution in [-0.2, 0) is 54.1 Å². The largest absolute Gasteiger partial charge is 0.379 e. The molecule has 1 fully saturated rings. The molecule has 1 aromatic carbocycles. The van der Waals surface area contributed by atoms with Crippen molar-refractivity contribution in [3.8, 4) is 0 Å². The fraction of sp³-hybridized carbons (Fsp3) is 0.720. The maximum absolute atomic E-state index is 14.6. The molecule has 1 saturated heterocycles. The Kier molecular flexibility index (Phi) is 26.2. The van der Waals surface area contributed by atoms with Gasteiger partial charge >= 0.3 is 0 Å². The summed E-state index contributed by atoms with van der Waals surface area (Å²) in [5.74, 6) is -2.63. The molecular weight excluding hydrogens is 891 g/mol. The number of likely N-dealkylation sites (tertiary alicyclic amines) is 1. The molecule has 1 aromatic heterocycles. The van der Waals surface area contributed by atoms with Gasteiger partial charge in [-0.25, -0.2) is 4.98 Å². The first-order valence-corrected chi connectivity index (χ1v) is 25.2. The number of nitrogens with zero attached hydrogens (tertiary/aromatic N) is 4. The maximum atomic E-state index is 14.6. The summed E-state index contributed by atoms with van der Waals surface area (Å²) in [4.78, 5) is 79.8. The zero-order valence-corrected chi connectivity index (χ0v) is 43.5. The van der Waals surface area contributed by atoms with Crippen molar-refractivity contribution >= 4 is 40.9 Å². The van der Waals surface area contributed by atoms with E-state index in [2.05, 4.69) is 15.6 Å². The summed E-state index contributed by atoms with van der Waals surface area (Å²) in [6.07, 6.45) is 3.20. The van der Waals surface area contributed by atoms with Crippen LogP contribution in [0, 0.1) is 23.7 Å². The summed E-state index contributed by atoms with van der Waals surface area (Å²) in [6.45, 7) is 16.4. The molecule has 1 aliphatic heterocycles. The van der Waals surface area contributed by atoms with E-state index < -0.39 is 42.2 Å². The molecule has 3 rings (SSSR count). The van der Waals surface area contributed by atoms with Gasteiger partial charge in [0, 0.05) is 53.0 Å². The second kappa shape index (κ2) is 30.5. The third-order valence-corrected chi connectivity index (χ3v) is 13.9. The van der Waals surface area contributed by atoms with Crippen molar-refractivity contribution in [2.24, 2.45) is 29.4 Å². The van der Waals surface area contributed by atoms with Gasteiger partial charge in [0.1, 0.15) is 17.1 Å².